The van der Waals surface area contributed by atoms with E-state index in [1.807, 2.05) is 0 Å². The highest BCUT2D eigenvalue weighted by Crippen LogP contribution is 2.42. The summed E-state index contributed by atoms with van der Waals surface area (Å²) in [5, 5.41) is 22.8. The number of imidazole rings is 1. The van der Waals surface area contributed by atoms with Gasteiger partial charge in [-0.1, -0.05) is 5.57 Å². The Morgan fingerprint density at radius 3 is 2.53 bits per heavy atom. The van der Waals surface area contributed by atoms with E-state index in [2.05, 4.69) is 50.4 Å². The van der Waals surface area contributed by atoms with E-state index in [1.54, 1.807) is 41.7 Å². The first-order valence-electron chi connectivity index (χ1n) is 10.3. The fourth-order valence-corrected chi connectivity index (χ4v) is 4.98. The second-order valence-corrected chi connectivity index (χ2v) is 8.99. The molecule has 3 aromatic rings. The third-order valence-electron chi connectivity index (χ3n) is 6.10. The van der Waals surface area contributed by atoms with Crippen molar-refractivity contribution in [1.29, 1.82) is 0 Å². The Balaban J connectivity index is 1.38. The number of piperidine rings is 2. The van der Waals surface area contributed by atoms with E-state index in [-0.39, 0.29) is 16.8 Å². The van der Waals surface area contributed by atoms with E-state index in [0.717, 1.165) is 18.5 Å². The van der Waals surface area contributed by atoms with Crippen molar-refractivity contribution in [3.05, 3.63) is 48.4 Å². The van der Waals surface area contributed by atoms with Crippen LogP contribution in [0.2, 0.25) is 0 Å². The topological polar surface area (TPSA) is 102 Å². The fourth-order valence-electron chi connectivity index (χ4n) is 4.98. The second kappa shape index (κ2) is 6.98. The highest BCUT2D eigenvalue weighted by Gasteiger charge is 2.43. The lowest BCUT2D eigenvalue weighted by atomic mass is 9.69. The van der Waals surface area contributed by atoms with E-state index in [1.165, 1.54) is 24.8 Å². The quantitative estimate of drug-likeness (QED) is 0.692. The van der Waals surface area contributed by atoms with Crippen molar-refractivity contribution in [2.24, 2.45) is 0 Å². The second-order valence-electron chi connectivity index (χ2n) is 8.99. The van der Waals surface area contributed by atoms with Gasteiger partial charge < -0.3 is 10.4 Å². The molecule has 2 aliphatic heterocycles. The SMILES string of the molecule is C[C@]12CCC[C@](C)(C/C(=C\c3cnc(-c4cnc(-n5ccnc5)cc4O)nn3)C1)N2. The van der Waals surface area contributed by atoms with Crippen LogP contribution in [0.4, 0.5) is 0 Å². The number of aromatic nitrogens is 6. The number of fused-ring (bicyclic) bond motifs is 2. The molecule has 0 saturated carbocycles. The maximum atomic E-state index is 10.4. The number of hydrogen-bond acceptors (Lipinski definition) is 7. The number of pyridine rings is 1. The van der Waals surface area contributed by atoms with Crippen molar-refractivity contribution < 1.29 is 5.11 Å². The summed E-state index contributed by atoms with van der Waals surface area (Å²) < 4.78 is 1.72. The largest absolute Gasteiger partial charge is 0.507 e. The summed E-state index contributed by atoms with van der Waals surface area (Å²) in [6, 6.07) is 1.56. The van der Waals surface area contributed by atoms with Gasteiger partial charge in [0.25, 0.3) is 0 Å². The summed E-state index contributed by atoms with van der Waals surface area (Å²) >= 11 is 0. The summed E-state index contributed by atoms with van der Waals surface area (Å²) in [6.07, 6.45) is 16.1. The van der Waals surface area contributed by atoms with Gasteiger partial charge in [-0.05, 0) is 52.0 Å². The van der Waals surface area contributed by atoms with Crippen molar-refractivity contribution in [3.8, 4) is 23.0 Å². The number of nitrogens with zero attached hydrogens (tertiary/aromatic N) is 6. The summed E-state index contributed by atoms with van der Waals surface area (Å²) in [6.45, 7) is 4.63. The van der Waals surface area contributed by atoms with Gasteiger partial charge >= 0.3 is 0 Å². The van der Waals surface area contributed by atoms with Crippen LogP contribution >= 0.6 is 0 Å². The minimum atomic E-state index is 0.0497. The molecule has 8 nitrogen and oxygen atoms in total. The zero-order valence-corrected chi connectivity index (χ0v) is 17.2. The molecule has 0 aromatic carbocycles. The predicted octanol–water partition coefficient (Wildman–Crippen LogP) is 3.29. The van der Waals surface area contributed by atoms with E-state index < -0.39 is 0 Å². The maximum absolute atomic E-state index is 10.4. The molecule has 2 atom stereocenters. The van der Waals surface area contributed by atoms with Crippen LogP contribution in [0.25, 0.3) is 23.3 Å². The van der Waals surface area contributed by atoms with Gasteiger partial charge in [-0.25, -0.2) is 15.0 Å². The molecule has 5 rings (SSSR count). The van der Waals surface area contributed by atoms with Crippen LogP contribution in [0.5, 0.6) is 5.75 Å². The lowest BCUT2D eigenvalue weighted by molar-refractivity contribution is 0.124. The average Bonchev–Trinajstić information content (AvgIpc) is 3.22. The third kappa shape index (κ3) is 3.59. The third-order valence-corrected chi connectivity index (χ3v) is 6.10. The first-order valence-corrected chi connectivity index (χ1v) is 10.3. The molecule has 0 spiro atoms. The minimum absolute atomic E-state index is 0.0497. The Hall–Kier alpha value is -3.13. The van der Waals surface area contributed by atoms with E-state index in [9.17, 15) is 5.11 Å². The first kappa shape index (κ1) is 18.9. The molecule has 2 bridgehead atoms. The van der Waals surface area contributed by atoms with Crippen LogP contribution in [-0.2, 0) is 0 Å². The Morgan fingerprint density at radius 2 is 1.90 bits per heavy atom. The Kier molecular flexibility index (Phi) is 4.39. The maximum Gasteiger partial charge on any atom is 0.187 e. The van der Waals surface area contributed by atoms with Crippen LogP contribution in [0.15, 0.2) is 42.8 Å². The molecule has 2 saturated heterocycles. The molecule has 0 radical (unpaired) electrons. The van der Waals surface area contributed by atoms with Gasteiger partial charge in [0.1, 0.15) is 23.6 Å². The van der Waals surface area contributed by atoms with Crippen molar-refractivity contribution in [1.82, 2.24) is 35.0 Å². The summed E-state index contributed by atoms with van der Waals surface area (Å²) in [4.78, 5) is 12.8. The molecular weight excluding hydrogens is 378 g/mol. The van der Waals surface area contributed by atoms with Crippen molar-refractivity contribution in [2.45, 2.75) is 57.0 Å². The zero-order valence-electron chi connectivity index (χ0n) is 17.2. The monoisotopic (exact) mass is 403 g/mol. The summed E-state index contributed by atoms with van der Waals surface area (Å²) in [5.74, 6) is 0.968. The lowest BCUT2D eigenvalue weighted by Gasteiger charge is -2.51. The first-order chi connectivity index (χ1) is 14.4. The van der Waals surface area contributed by atoms with Crippen LogP contribution in [0.1, 0.15) is 51.6 Å². The van der Waals surface area contributed by atoms with Crippen molar-refractivity contribution >= 4 is 6.08 Å². The molecular formula is C22H25N7O. The summed E-state index contributed by atoms with van der Waals surface area (Å²) in [5.41, 5.74) is 2.89. The standard InChI is InChI=1S/C22H25N7O/c1-21-4-3-5-22(2,28-21)11-15(10-21)8-16-12-25-20(27-26-16)17-13-24-19(9-18(17)30)29-7-6-23-14-29/h6-9,12-14,28H,3-5,10-11H2,1-2H3,(H,24,30)/b15-8-/t21-,22+/m0/s1. The van der Waals surface area contributed by atoms with Crippen molar-refractivity contribution in [2.75, 3.05) is 0 Å². The van der Waals surface area contributed by atoms with Crippen LogP contribution in [0, 0.1) is 0 Å². The minimum Gasteiger partial charge on any atom is -0.507 e. The van der Waals surface area contributed by atoms with E-state index >= 15 is 0 Å². The highest BCUT2D eigenvalue weighted by molar-refractivity contribution is 5.63. The molecule has 3 aromatic heterocycles. The Labute approximate surface area is 175 Å². The molecule has 2 fully saturated rings. The fraction of sp³-hybridized carbons (Fsp3) is 0.409. The molecule has 2 N–H and O–H groups in total. The number of hydrogen-bond donors (Lipinski definition) is 2. The number of nitrogens with one attached hydrogen (secondary N) is 1. The van der Waals surface area contributed by atoms with Gasteiger partial charge in [0.05, 0.1) is 11.8 Å². The van der Waals surface area contributed by atoms with Gasteiger partial charge in [-0.3, -0.25) is 4.57 Å². The van der Waals surface area contributed by atoms with E-state index in [0.29, 0.717) is 17.2 Å². The lowest BCUT2D eigenvalue weighted by Crippen LogP contribution is -2.61. The Morgan fingerprint density at radius 1 is 1.10 bits per heavy atom. The van der Waals surface area contributed by atoms with Crippen LogP contribution in [0.3, 0.4) is 0 Å². The molecule has 0 amide bonds. The Bertz CT molecular complexity index is 1070. The summed E-state index contributed by atoms with van der Waals surface area (Å²) in [7, 11) is 0. The molecule has 2 aliphatic rings. The van der Waals surface area contributed by atoms with Gasteiger partial charge in [-0.15, -0.1) is 10.2 Å². The van der Waals surface area contributed by atoms with Crippen molar-refractivity contribution in [3.63, 3.8) is 0 Å². The van der Waals surface area contributed by atoms with Crippen LogP contribution < -0.4 is 5.32 Å². The average molecular weight is 403 g/mol. The number of rotatable bonds is 3. The van der Waals surface area contributed by atoms with Gasteiger partial charge in [0, 0.05) is 35.7 Å². The van der Waals surface area contributed by atoms with Gasteiger partial charge in [0.15, 0.2) is 5.82 Å². The molecule has 30 heavy (non-hydrogen) atoms. The van der Waals surface area contributed by atoms with Crippen LogP contribution in [-0.4, -0.2) is 45.9 Å². The smallest absolute Gasteiger partial charge is 0.187 e. The molecule has 8 heteroatoms. The van der Waals surface area contributed by atoms with E-state index in [4.69, 9.17) is 0 Å². The molecule has 5 heterocycles. The zero-order chi connectivity index (χ0) is 20.8. The normalized spacial score (nSPS) is 27.3. The van der Waals surface area contributed by atoms with Gasteiger partial charge in [0.2, 0.25) is 0 Å². The predicted molar refractivity (Wildman–Crippen MR) is 113 cm³/mol. The molecule has 154 valence electrons. The molecule has 0 aliphatic carbocycles. The number of aromatic hydroxyl groups is 1. The molecule has 0 unspecified atom stereocenters. The van der Waals surface area contributed by atoms with Gasteiger partial charge in [-0.2, -0.15) is 0 Å². The highest BCUT2D eigenvalue weighted by atomic mass is 16.3.